The van der Waals surface area contributed by atoms with Crippen LogP contribution >= 0.6 is 0 Å². The van der Waals surface area contributed by atoms with Gasteiger partial charge in [-0.2, -0.15) is 5.10 Å². The minimum Gasteiger partial charge on any atom is -0.274 e. The van der Waals surface area contributed by atoms with Crippen molar-refractivity contribution in [3.8, 4) is 0 Å². The van der Waals surface area contributed by atoms with E-state index in [0.717, 1.165) is 25.7 Å². The molecule has 0 radical (unpaired) electrons. The Bertz CT molecular complexity index is 454. The second-order valence-corrected chi connectivity index (χ2v) is 6.39. The predicted molar refractivity (Wildman–Crippen MR) is 71.7 cm³/mol. The number of nitrogens with zero attached hydrogens (tertiary/aromatic N) is 2. The second-order valence-electron chi connectivity index (χ2n) is 4.62. The molecule has 0 fully saturated rings. The normalized spacial score (nSPS) is 13.7. The summed E-state index contributed by atoms with van der Waals surface area (Å²) in [6.45, 7) is 4.75. The second kappa shape index (κ2) is 6.89. The molecule has 1 N–H and O–H groups in total. The van der Waals surface area contributed by atoms with Crippen molar-refractivity contribution in [2.24, 2.45) is 13.0 Å². The summed E-state index contributed by atoms with van der Waals surface area (Å²) < 4.78 is 28.1. The molecule has 0 saturated carbocycles. The van der Waals surface area contributed by atoms with Gasteiger partial charge in [-0.3, -0.25) is 4.68 Å². The minimum absolute atomic E-state index is 0.232. The summed E-state index contributed by atoms with van der Waals surface area (Å²) in [7, 11) is -1.70. The average molecular weight is 273 g/mol. The molecule has 0 aliphatic carbocycles. The monoisotopic (exact) mass is 273 g/mol. The Morgan fingerprint density at radius 2 is 2.17 bits per heavy atom. The van der Waals surface area contributed by atoms with Crippen LogP contribution in [0.4, 0.5) is 0 Å². The fourth-order valence-electron chi connectivity index (χ4n) is 1.79. The standard InChI is InChI=1S/C12H23N3O2S/c1-4-6-7-11(5-2)8-14-18(16,17)12-9-13-15(3)10-12/h9-11,14H,4-8H2,1-3H3. The third-order valence-corrected chi connectivity index (χ3v) is 4.47. The van der Waals surface area contributed by atoms with Crippen LogP contribution in [0.25, 0.3) is 0 Å². The summed E-state index contributed by atoms with van der Waals surface area (Å²) in [4.78, 5) is 0.232. The summed E-state index contributed by atoms with van der Waals surface area (Å²) >= 11 is 0. The Morgan fingerprint density at radius 3 is 2.67 bits per heavy atom. The molecule has 6 heteroatoms. The van der Waals surface area contributed by atoms with Crippen molar-refractivity contribution in [3.05, 3.63) is 12.4 Å². The number of aromatic nitrogens is 2. The van der Waals surface area contributed by atoms with E-state index in [-0.39, 0.29) is 4.90 Å². The molecule has 1 aromatic rings. The van der Waals surface area contributed by atoms with Gasteiger partial charge in [0.15, 0.2) is 0 Å². The topological polar surface area (TPSA) is 64.0 Å². The number of nitrogens with one attached hydrogen (secondary N) is 1. The Morgan fingerprint density at radius 1 is 1.44 bits per heavy atom. The number of sulfonamides is 1. The van der Waals surface area contributed by atoms with Crippen molar-refractivity contribution < 1.29 is 8.42 Å². The highest BCUT2D eigenvalue weighted by atomic mass is 32.2. The molecule has 0 aliphatic rings. The smallest absolute Gasteiger partial charge is 0.243 e. The molecule has 0 aliphatic heterocycles. The molecule has 0 aromatic carbocycles. The molecule has 1 rings (SSSR count). The minimum atomic E-state index is -3.40. The molecule has 0 saturated heterocycles. The van der Waals surface area contributed by atoms with Gasteiger partial charge in [-0.25, -0.2) is 13.1 Å². The highest BCUT2D eigenvalue weighted by molar-refractivity contribution is 7.89. The Kier molecular flexibility index (Phi) is 5.81. The fourth-order valence-corrected chi connectivity index (χ4v) is 2.89. The molecule has 0 bridgehead atoms. The van der Waals surface area contributed by atoms with Crippen LogP contribution in [0.1, 0.15) is 39.5 Å². The average Bonchev–Trinajstić information content (AvgIpc) is 2.77. The van der Waals surface area contributed by atoms with E-state index in [0.29, 0.717) is 12.5 Å². The summed E-state index contributed by atoms with van der Waals surface area (Å²) in [5.41, 5.74) is 0. The number of hydrogen-bond donors (Lipinski definition) is 1. The van der Waals surface area contributed by atoms with E-state index >= 15 is 0 Å². The Labute approximate surface area is 110 Å². The van der Waals surface area contributed by atoms with Gasteiger partial charge in [0.1, 0.15) is 4.90 Å². The van der Waals surface area contributed by atoms with Gasteiger partial charge >= 0.3 is 0 Å². The zero-order valence-corrected chi connectivity index (χ0v) is 12.2. The van der Waals surface area contributed by atoms with Crippen molar-refractivity contribution in [2.75, 3.05) is 6.54 Å². The van der Waals surface area contributed by atoms with Crippen LogP contribution in [-0.2, 0) is 17.1 Å². The number of aryl methyl sites for hydroxylation is 1. The number of rotatable bonds is 8. The first kappa shape index (κ1) is 15.2. The molecule has 1 aromatic heterocycles. The molecular formula is C12H23N3O2S. The first-order valence-electron chi connectivity index (χ1n) is 6.48. The SMILES string of the molecule is CCCCC(CC)CNS(=O)(=O)c1cnn(C)c1. The Balaban J connectivity index is 2.55. The Hall–Kier alpha value is -0.880. The zero-order valence-electron chi connectivity index (χ0n) is 11.4. The van der Waals surface area contributed by atoms with Crippen molar-refractivity contribution in [3.63, 3.8) is 0 Å². The highest BCUT2D eigenvalue weighted by Gasteiger charge is 2.17. The molecular weight excluding hydrogens is 250 g/mol. The maximum absolute atomic E-state index is 12.0. The van der Waals surface area contributed by atoms with Gasteiger partial charge in [0.25, 0.3) is 0 Å². The van der Waals surface area contributed by atoms with Crippen LogP contribution in [0.5, 0.6) is 0 Å². The highest BCUT2D eigenvalue weighted by Crippen LogP contribution is 2.13. The fraction of sp³-hybridized carbons (Fsp3) is 0.750. The molecule has 104 valence electrons. The van der Waals surface area contributed by atoms with E-state index in [4.69, 9.17) is 0 Å². The zero-order chi connectivity index (χ0) is 13.6. The van der Waals surface area contributed by atoms with Gasteiger partial charge in [-0.15, -0.1) is 0 Å². The maximum atomic E-state index is 12.0. The van der Waals surface area contributed by atoms with Crippen molar-refractivity contribution in [1.82, 2.24) is 14.5 Å². The first-order valence-corrected chi connectivity index (χ1v) is 7.96. The van der Waals surface area contributed by atoms with Gasteiger partial charge in [-0.05, 0) is 12.3 Å². The first-order chi connectivity index (χ1) is 8.49. The molecule has 0 spiro atoms. The van der Waals surface area contributed by atoms with Crippen LogP contribution in [-0.4, -0.2) is 24.7 Å². The quantitative estimate of drug-likeness (QED) is 0.787. The van der Waals surface area contributed by atoms with Crippen molar-refractivity contribution >= 4 is 10.0 Å². The van der Waals surface area contributed by atoms with Crippen LogP contribution in [0.2, 0.25) is 0 Å². The summed E-state index contributed by atoms with van der Waals surface area (Å²) in [5.74, 6) is 0.413. The van der Waals surface area contributed by atoms with E-state index in [1.54, 1.807) is 7.05 Å². The third-order valence-electron chi connectivity index (χ3n) is 3.10. The van der Waals surface area contributed by atoms with Crippen LogP contribution in [0, 0.1) is 5.92 Å². The molecule has 0 amide bonds. The lowest BCUT2D eigenvalue weighted by Gasteiger charge is -2.14. The number of hydrogen-bond acceptors (Lipinski definition) is 3. The lowest BCUT2D eigenvalue weighted by molar-refractivity contribution is 0.443. The van der Waals surface area contributed by atoms with E-state index < -0.39 is 10.0 Å². The van der Waals surface area contributed by atoms with E-state index in [2.05, 4.69) is 23.7 Å². The summed E-state index contributed by atoms with van der Waals surface area (Å²) in [6, 6.07) is 0. The van der Waals surface area contributed by atoms with Gasteiger partial charge in [-0.1, -0.05) is 33.1 Å². The van der Waals surface area contributed by atoms with Gasteiger partial charge in [0.05, 0.1) is 6.20 Å². The summed E-state index contributed by atoms with van der Waals surface area (Å²) in [6.07, 6.45) is 7.24. The molecule has 1 atom stereocenters. The van der Waals surface area contributed by atoms with E-state index in [1.807, 2.05) is 0 Å². The lowest BCUT2D eigenvalue weighted by Crippen LogP contribution is -2.29. The molecule has 18 heavy (non-hydrogen) atoms. The lowest BCUT2D eigenvalue weighted by atomic mass is 10.00. The van der Waals surface area contributed by atoms with Crippen LogP contribution in [0.3, 0.4) is 0 Å². The van der Waals surface area contributed by atoms with Gasteiger partial charge in [0, 0.05) is 19.8 Å². The molecule has 1 heterocycles. The van der Waals surface area contributed by atoms with Crippen LogP contribution in [0.15, 0.2) is 17.3 Å². The van der Waals surface area contributed by atoms with Gasteiger partial charge in [0.2, 0.25) is 10.0 Å². The van der Waals surface area contributed by atoms with Crippen molar-refractivity contribution in [1.29, 1.82) is 0 Å². The van der Waals surface area contributed by atoms with E-state index in [9.17, 15) is 8.42 Å². The van der Waals surface area contributed by atoms with Crippen LogP contribution < -0.4 is 4.72 Å². The van der Waals surface area contributed by atoms with Gasteiger partial charge < -0.3 is 0 Å². The molecule has 1 unspecified atom stereocenters. The molecule has 5 nitrogen and oxygen atoms in total. The third kappa shape index (κ3) is 4.42. The predicted octanol–water partition coefficient (Wildman–Crippen LogP) is 1.91. The largest absolute Gasteiger partial charge is 0.274 e. The number of unbranched alkanes of at least 4 members (excludes halogenated alkanes) is 1. The summed E-state index contributed by atoms with van der Waals surface area (Å²) in [5, 5.41) is 3.88. The van der Waals surface area contributed by atoms with E-state index in [1.165, 1.54) is 17.1 Å². The van der Waals surface area contributed by atoms with Crippen molar-refractivity contribution in [2.45, 2.75) is 44.4 Å². The maximum Gasteiger partial charge on any atom is 0.243 e.